The van der Waals surface area contributed by atoms with E-state index < -0.39 is 0 Å². The summed E-state index contributed by atoms with van der Waals surface area (Å²) in [6.07, 6.45) is 0. The number of hydrogen-bond acceptors (Lipinski definition) is 5. The van der Waals surface area contributed by atoms with Crippen LogP contribution >= 0.6 is 11.8 Å². The normalized spacial score (nSPS) is 18.2. The van der Waals surface area contributed by atoms with E-state index in [1.54, 1.807) is 29.2 Å². The summed E-state index contributed by atoms with van der Waals surface area (Å²) in [7, 11) is 1.35. The van der Waals surface area contributed by atoms with E-state index in [1.165, 1.54) is 18.9 Å². The molecule has 2 rings (SSSR count). The molecule has 5 nitrogen and oxygen atoms in total. The van der Waals surface area contributed by atoms with Crippen molar-refractivity contribution in [1.82, 2.24) is 4.90 Å². The van der Waals surface area contributed by atoms with E-state index in [9.17, 15) is 9.59 Å². The van der Waals surface area contributed by atoms with Gasteiger partial charge in [-0.25, -0.2) is 0 Å². The van der Waals surface area contributed by atoms with E-state index in [2.05, 4.69) is 0 Å². The molecule has 1 aliphatic rings. The molecule has 1 saturated heterocycles. The molecule has 0 aromatic heterocycles. The highest BCUT2D eigenvalue weighted by Gasteiger charge is 2.29. The molecule has 1 fully saturated rings. The van der Waals surface area contributed by atoms with Crippen molar-refractivity contribution in [1.29, 1.82) is 5.26 Å². The van der Waals surface area contributed by atoms with Crippen LogP contribution in [0.2, 0.25) is 0 Å². The highest BCUT2D eigenvalue weighted by molar-refractivity contribution is 8.00. The molecule has 1 amide bonds. The lowest BCUT2D eigenvalue weighted by Gasteiger charge is -2.31. The zero-order chi connectivity index (χ0) is 14.5. The Labute approximate surface area is 121 Å². The number of benzene rings is 1. The second-order valence-electron chi connectivity index (χ2n) is 4.32. The maximum atomic E-state index is 12.3. The van der Waals surface area contributed by atoms with Crippen molar-refractivity contribution in [3.8, 4) is 6.07 Å². The van der Waals surface area contributed by atoms with Crippen molar-refractivity contribution in [2.24, 2.45) is 0 Å². The molecule has 0 aliphatic carbocycles. The zero-order valence-electron chi connectivity index (χ0n) is 11.0. The Kier molecular flexibility index (Phi) is 4.64. The number of nitrogens with zero attached hydrogens (tertiary/aromatic N) is 2. The summed E-state index contributed by atoms with van der Waals surface area (Å²) in [5, 5.41) is 8.42. The summed E-state index contributed by atoms with van der Waals surface area (Å²) in [6.45, 7) is 0.965. The lowest BCUT2D eigenvalue weighted by Crippen LogP contribution is -2.44. The number of esters is 1. The third-order valence-electron chi connectivity index (χ3n) is 3.08. The molecule has 104 valence electrons. The van der Waals surface area contributed by atoms with Gasteiger partial charge in [-0.05, 0) is 24.3 Å². The third-order valence-corrected chi connectivity index (χ3v) is 4.24. The van der Waals surface area contributed by atoms with E-state index in [-0.39, 0.29) is 17.1 Å². The predicted molar refractivity (Wildman–Crippen MR) is 75.3 cm³/mol. The first kappa shape index (κ1) is 14.4. The topological polar surface area (TPSA) is 70.4 Å². The number of hydrogen-bond donors (Lipinski definition) is 0. The Morgan fingerprint density at radius 1 is 1.40 bits per heavy atom. The van der Waals surface area contributed by atoms with E-state index in [1.807, 2.05) is 6.07 Å². The van der Waals surface area contributed by atoms with Crippen molar-refractivity contribution in [2.75, 3.05) is 26.0 Å². The lowest BCUT2D eigenvalue weighted by atomic mass is 10.1. The van der Waals surface area contributed by atoms with Gasteiger partial charge < -0.3 is 9.64 Å². The first-order valence-corrected chi connectivity index (χ1v) is 7.19. The minimum absolute atomic E-state index is 0.122. The van der Waals surface area contributed by atoms with Crippen LogP contribution in [0.5, 0.6) is 0 Å². The van der Waals surface area contributed by atoms with Crippen LogP contribution in [0.3, 0.4) is 0 Å². The summed E-state index contributed by atoms with van der Waals surface area (Å²) in [4.78, 5) is 25.5. The fourth-order valence-corrected chi connectivity index (χ4v) is 3.11. The Balaban J connectivity index is 2.08. The van der Waals surface area contributed by atoms with Crippen LogP contribution in [0.25, 0.3) is 0 Å². The van der Waals surface area contributed by atoms with Crippen LogP contribution in [0.4, 0.5) is 0 Å². The molecule has 1 aromatic rings. The average Bonchev–Trinajstić information content (AvgIpc) is 2.53. The molecular weight excluding hydrogens is 276 g/mol. The van der Waals surface area contributed by atoms with Crippen LogP contribution in [-0.2, 0) is 9.53 Å². The first-order chi connectivity index (χ1) is 9.65. The van der Waals surface area contributed by atoms with Crippen molar-refractivity contribution in [3.63, 3.8) is 0 Å². The second-order valence-corrected chi connectivity index (χ2v) is 5.63. The molecule has 6 heteroatoms. The molecule has 20 heavy (non-hydrogen) atoms. The summed E-state index contributed by atoms with van der Waals surface area (Å²) >= 11 is 1.51. The number of methoxy groups -OCH3 is 1. The molecule has 1 atom stereocenters. The van der Waals surface area contributed by atoms with E-state index in [0.29, 0.717) is 30.0 Å². The van der Waals surface area contributed by atoms with Gasteiger partial charge in [0.15, 0.2) is 0 Å². The van der Waals surface area contributed by atoms with Gasteiger partial charge in [-0.15, -0.1) is 11.8 Å². The predicted octanol–water partition coefficient (Wildman–Crippen LogP) is 1.29. The fourth-order valence-electron chi connectivity index (χ4n) is 1.98. The number of rotatable bonds is 2. The number of carbonyl (C=O) groups excluding carboxylic acids is 2. The fraction of sp³-hybridized carbons (Fsp3) is 0.357. The van der Waals surface area contributed by atoms with E-state index >= 15 is 0 Å². The molecule has 0 spiro atoms. The van der Waals surface area contributed by atoms with Crippen LogP contribution in [0.15, 0.2) is 24.3 Å². The smallest absolute Gasteiger partial charge is 0.320 e. The van der Waals surface area contributed by atoms with Crippen LogP contribution in [-0.4, -0.2) is 48.0 Å². The maximum Gasteiger partial charge on any atom is 0.320 e. The van der Waals surface area contributed by atoms with E-state index in [0.717, 1.165) is 0 Å². The second kappa shape index (κ2) is 6.44. The zero-order valence-corrected chi connectivity index (χ0v) is 11.9. The molecule has 1 heterocycles. The van der Waals surface area contributed by atoms with Crippen LogP contribution in [0, 0.1) is 11.3 Å². The Bertz CT molecular complexity index is 551. The summed E-state index contributed by atoms with van der Waals surface area (Å²) in [5.41, 5.74) is 1.04. The molecule has 0 unspecified atom stereocenters. The van der Waals surface area contributed by atoms with Gasteiger partial charge in [0.1, 0.15) is 5.25 Å². The molecule has 0 N–H and O–H groups in total. The highest BCUT2D eigenvalue weighted by Crippen LogP contribution is 2.21. The monoisotopic (exact) mass is 290 g/mol. The lowest BCUT2D eigenvalue weighted by molar-refractivity contribution is -0.140. The molecule has 0 bridgehead atoms. The minimum Gasteiger partial charge on any atom is -0.468 e. The molecule has 0 saturated carbocycles. The highest BCUT2D eigenvalue weighted by atomic mass is 32.2. The van der Waals surface area contributed by atoms with E-state index in [4.69, 9.17) is 10.00 Å². The Morgan fingerprint density at radius 2 is 2.10 bits per heavy atom. The largest absolute Gasteiger partial charge is 0.468 e. The number of amides is 1. The SMILES string of the molecule is COC(=O)[C@H]1CN(C(=O)c2ccc(C#N)cc2)CCS1. The van der Waals surface area contributed by atoms with Gasteiger partial charge >= 0.3 is 5.97 Å². The van der Waals surface area contributed by atoms with Gasteiger partial charge in [0.2, 0.25) is 0 Å². The number of nitriles is 1. The van der Waals surface area contributed by atoms with Crippen molar-refractivity contribution in [3.05, 3.63) is 35.4 Å². The van der Waals surface area contributed by atoms with Gasteiger partial charge in [-0.1, -0.05) is 0 Å². The van der Waals surface area contributed by atoms with Gasteiger partial charge in [-0.3, -0.25) is 9.59 Å². The standard InChI is InChI=1S/C14H14N2O3S/c1-19-14(18)12-9-16(6-7-20-12)13(17)11-4-2-10(8-15)3-5-11/h2-5,12H,6-7,9H2,1H3/t12-/m1/s1. The van der Waals surface area contributed by atoms with Gasteiger partial charge in [0.05, 0.1) is 18.7 Å². The molecular formula is C14H14N2O3S. The minimum atomic E-state index is -0.323. The van der Waals surface area contributed by atoms with Crippen molar-refractivity contribution in [2.45, 2.75) is 5.25 Å². The van der Waals surface area contributed by atoms with Crippen LogP contribution in [0.1, 0.15) is 15.9 Å². The molecule has 1 aliphatic heterocycles. The average molecular weight is 290 g/mol. The Hall–Kier alpha value is -2.00. The number of ether oxygens (including phenoxy) is 1. The third kappa shape index (κ3) is 3.11. The summed E-state index contributed by atoms with van der Waals surface area (Å²) in [5.74, 6) is 0.290. The van der Waals surface area contributed by atoms with Crippen molar-refractivity contribution < 1.29 is 14.3 Å². The molecule has 0 radical (unpaired) electrons. The molecule has 1 aromatic carbocycles. The number of carbonyl (C=O) groups is 2. The Morgan fingerprint density at radius 3 is 2.70 bits per heavy atom. The quantitative estimate of drug-likeness (QED) is 0.768. The number of thioether (sulfide) groups is 1. The van der Waals surface area contributed by atoms with Crippen molar-refractivity contribution >= 4 is 23.6 Å². The van der Waals surface area contributed by atoms with Crippen LogP contribution < -0.4 is 0 Å². The van der Waals surface area contributed by atoms with Gasteiger partial charge in [0.25, 0.3) is 5.91 Å². The maximum absolute atomic E-state index is 12.3. The first-order valence-electron chi connectivity index (χ1n) is 6.14. The summed E-state index contributed by atoms with van der Waals surface area (Å²) in [6, 6.07) is 8.51. The van der Waals surface area contributed by atoms with Gasteiger partial charge in [-0.2, -0.15) is 5.26 Å². The summed E-state index contributed by atoms with van der Waals surface area (Å²) < 4.78 is 4.72. The van der Waals surface area contributed by atoms with Gasteiger partial charge in [0, 0.05) is 24.4 Å².